The van der Waals surface area contributed by atoms with E-state index in [2.05, 4.69) is 5.32 Å². The number of hydrogen-bond acceptors (Lipinski definition) is 4. The van der Waals surface area contributed by atoms with E-state index in [1.165, 1.54) is 6.07 Å². The van der Waals surface area contributed by atoms with Gasteiger partial charge in [0.25, 0.3) is 15.7 Å². The molecule has 0 aliphatic heterocycles. The highest BCUT2D eigenvalue weighted by Gasteiger charge is 2.53. The van der Waals surface area contributed by atoms with Gasteiger partial charge in [-0.15, -0.1) is 0 Å². The van der Waals surface area contributed by atoms with Crippen molar-refractivity contribution < 1.29 is 30.8 Å². The minimum absolute atomic E-state index is 0.0726. The molecule has 3 aromatic carbocycles. The number of rotatable bonds is 8. The topological polar surface area (TPSA) is 66.5 Å². The van der Waals surface area contributed by atoms with Crippen LogP contribution in [-0.4, -0.2) is 36.4 Å². The molecule has 1 saturated carbocycles. The van der Waals surface area contributed by atoms with E-state index in [0.29, 0.717) is 25.5 Å². The first-order valence-electron chi connectivity index (χ1n) is 12.2. The summed E-state index contributed by atoms with van der Waals surface area (Å²) in [5, 5.41) is 2.34. The zero-order valence-electron chi connectivity index (χ0n) is 20.7. The van der Waals surface area contributed by atoms with Gasteiger partial charge in [-0.05, 0) is 55.5 Å². The van der Waals surface area contributed by atoms with Crippen LogP contribution in [-0.2, 0) is 21.2 Å². The molecule has 1 fully saturated rings. The molecule has 0 unspecified atom stereocenters. The van der Waals surface area contributed by atoms with Crippen molar-refractivity contribution in [2.45, 2.75) is 60.9 Å². The predicted molar refractivity (Wildman–Crippen MR) is 137 cm³/mol. The van der Waals surface area contributed by atoms with E-state index >= 15 is 4.39 Å². The molecule has 10 heteroatoms. The van der Waals surface area contributed by atoms with Gasteiger partial charge in [0.2, 0.25) is 5.67 Å². The highest BCUT2D eigenvalue weighted by molar-refractivity contribution is 7.92. The molecule has 38 heavy (non-hydrogen) atoms. The number of nitrogens with zero attached hydrogens (tertiary/aromatic N) is 1. The second kappa shape index (κ2) is 10.9. The fourth-order valence-corrected chi connectivity index (χ4v) is 5.79. The molecule has 3 atom stereocenters. The molecular weight excluding hydrogens is 520 g/mol. The summed E-state index contributed by atoms with van der Waals surface area (Å²) in [5.41, 5.74) is -6.19. The average Bonchev–Trinajstić information content (AvgIpc) is 3.30. The van der Waals surface area contributed by atoms with E-state index < -0.39 is 37.9 Å². The Bertz CT molecular complexity index is 1370. The number of halogens is 4. The lowest BCUT2D eigenvalue weighted by molar-refractivity contribution is -0.131. The first kappa shape index (κ1) is 27.8. The van der Waals surface area contributed by atoms with Gasteiger partial charge in [-0.2, -0.15) is 13.2 Å². The summed E-state index contributed by atoms with van der Waals surface area (Å²) >= 11 is 0. The molecule has 1 aliphatic carbocycles. The van der Waals surface area contributed by atoms with Gasteiger partial charge in [0.05, 0.1) is 10.9 Å². The number of nitrogens with one attached hydrogen (secondary N) is 1. The molecule has 0 aromatic heterocycles. The summed E-state index contributed by atoms with van der Waals surface area (Å²) in [6, 6.07) is 21.7. The Morgan fingerprint density at radius 3 is 2.29 bits per heavy atom. The molecule has 0 heterocycles. The predicted octanol–water partition coefficient (Wildman–Crippen LogP) is 6.44. The van der Waals surface area contributed by atoms with Crippen LogP contribution in [0, 0.1) is 0 Å². The maximum absolute atomic E-state index is 16.7. The fourth-order valence-electron chi connectivity index (χ4n) is 4.99. The van der Waals surface area contributed by atoms with Gasteiger partial charge in [0.15, 0.2) is 0 Å². The van der Waals surface area contributed by atoms with Crippen molar-refractivity contribution in [3.63, 3.8) is 0 Å². The van der Waals surface area contributed by atoms with Gasteiger partial charge in [0, 0.05) is 18.3 Å². The van der Waals surface area contributed by atoms with Crippen LogP contribution in [0.25, 0.3) is 0 Å². The molecule has 202 valence electrons. The Morgan fingerprint density at radius 2 is 1.66 bits per heavy atom. The molecule has 4 rings (SSSR count). The lowest BCUT2D eigenvalue weighted by Gasteiger charge is -2.40. The summed E-state index contributed by atoms with van der Waals surface area (Å²) < 4.78 is 79.3. The van der Waals surface area contributed by atoms with E-state index in [4.69, 9.17) is 0 Å². The maximum atomic E-state index is 16.7. The third-order valence-electron chi connectivity index (χ3n) is 7.02. The lowest BCUT2D eigenvalue weighted by atomic mass is 9.93. The van der Waals surface area contributed by atoms with Crippen LogP contribution < -0.4 is 5.32 Å². The van der Waals surface area contributed by atoms with E-state index in [1.54, 1.807) is 0 Å². The first-order valence-corrected chi connectivity index (χ1v) is 13.7. The van der Waals surface area contributed by atoms with Gasteiger partial charge in [-0.3, -0.25) is 9.69 Å². The third kappa shape index (κ3) is 5.61. The zero-order valence-corrected chi connectivity index (χ0v) is 21.5. The van der Waals surface area contributed by atoms with Crippen molar-refractivity contribution in [1.29, 1.82) is 0 Å². The monoisotopic (exact) mass is 548 g/mol. The number of anilines is 1. The normalized spacial score (nSPS) is 20.8. The average molecular weight is 549 g/mol. The van der Waals surface area contributed by atoms with Crippen LogP contribution in [0.2, 0.25) is 0 Å². The second-order valence-electron chi connectivity index (χ2n) is 9.45. The number of amides is 1. The molecule has 0 spiro atoms. The van der Waals surface area contributed by atoms with Crippen molar-refractivity contribution in [3.8, 4) is 0 Å². The van der Waals surface area contributed by atoms with E-state index in [9.17, 15) is 26.4 Å². The number of alkyl halides is 4. The minimum atomic E-state index is -5.62. The maximum Gasteiger partial charge on any atom is 0.501 e. The molecule has 1 amide bonds. The van der Waals surface area contributed by atoms with Crippen LogP contribution in [0.1, 0.15) is 43.4 Å². The lowest BCUT2D eigenvalue weighted by Crippen LogP contribution is -2.53. The van der Waals surface area contributed by atoms with Gasteiger partial charge in [-0.1, -0.05) is 66.7 Å². The van der Waals surface area contributed by atoms with Gasteiger partial charge in [-0.25, -0.2) is 12.8 Å². The molecule has 0 radical (unpaired) electrons. The molecule has 3 aromatic rings. The van der Waals surface area contributed by atoms with Gasteiger partial charge < -0.3 is 5.32 Å². The highest BCUT2D eigenvalue weighted by atomic mass is 32.2. The number of hydrogen-bond donors (Lipinski definition) is 1. The molecule has 0 saturated heterocycles. The standard InChI is InChI=1S/C28H28F4N2O3S/c1-20(22-12-6-3-7-13-22)34(19-21-10-4-2-5-11-21)25-16-9-17-27(25,29)26(35)33-23-14-8-15-24(18-23)38(36,37)28(30,31)32/h2-8,10-15,18,20,25H,9,16-17,19H2,1H3,(H,33,35)/t20-,25-,27-/m1/s1. The Balaban J connectivity index is 1.64. The van der Waals surface area contributed by atoms with Crippen LogP contribution in [0.4, 0.5) is 23.2 Å². The largest absolute Gasteiger partial charge is 0.501 e. The van der Waals surface area contributed by atoms with Crippen LogP contribution in [0.3, 0.4) is 0 Å². The van der Waals surface area contributed by atoms with Crippen LogP contribution in [0.15, 0.2) is 89.8 Å². The van der Waals surface area contributed by atoms with E-state index in [-0.39, 0.29) is 18.2 Å². The highest BCUT2D eigenvalue weighted by Crippen LogP contribution is 2.42. The molecule has 1 aliphatic rings. The van der Waals surface area contributed by atoms with E-state index in [0.717, 1.165) is 23.3 Å². The number of carbonyl (C=O) groups excluding carboxylic acids is 1. The van der Waals surface area contributed by atoms with Crippen LogP contribution in [0.5, 0.6) is 0 Å². The van der Waals surface area contributed by atoms with Crippen molar-refractivity contribution in [3.05, 3.63) is 96.1 Å². The Hall–Kier alpha value is -3.24. The quantitative estimate of drug-likeness (QED) is 0.329. The minimum Gasteiger partial charge on any atom is -0.323 e. The van der Waals surface area contributed by atoms with Crippen molar-refractivity contribution >= 4 is 21.4 Å². The second-order valence-corrected chi connectivity index (χ2v) is 11.4. The fraction of sp³-hybridized carbons (Fsp3) is 0.321. The summed E-state index contributed by atoms with van der Waals surface area (Å²) in [5.74, 6) is -1.01. The number of benzene rings is 3. The van der Waals surface area contributed by atoms with Crippen LogP contribution >= 0.6 is 0 Å². The first-order chi connectivity index (χ1) is 17.9. The summed E-state index contributed by atoms with van der Waals surface area (Å²) in [4.78, 5) is 14.3. The summed E-state index contributed by atoms with van der Waals surface area (Å²) in [7, 11) is -5.62. The smallest absolute Gasteiger partial charge is 0.323 e. The van der Waals surface area contributed by atoms with Gasteiger partial charge in [0.1, 0.15) is 0 Å². The Kier molecular flexibility index (Phi) is 7.94. The van der Waals surface area contributed by atoms with Crippen molar-refractivity contribution in [2.24, 2.45) is 0 Å². The Morgan fingerprint density at radius 1 is 1.03 bits per heavy atom. The zero-order chi connectivity index (χ0) is 27.6. The summed E-state index contributed by atoms with van der Waals surface area (Å²) in [6.07, 6.45) is 0.761. The summed E-state index contributed by atoms with van der Waals surface area (Å²) in [6.45, 7) is 2.32. The number of sulfone groups is 1. The molecular formula is C28H28F4N2O3S. The third-order valence-corrected chi connectivity index (χ3v) is 8.50. The number of carbonyl (C=O) groups is 1. The van der Waals surface area contributed by atoms with E-state index in [1.807, 2.05) is 72.5 Å². The van der Waals surface area contributed by atoms with Gasteiger partial charge >= 0.3 is 5.51 Å². The molecule has 0 bridgehead atoms. The van der Waals surface area contributed by atoms with Crippen molar-refractivity contribution in [1.82, 2.24) is 4.90 Å². The molecule has 1 N–H and O–H groups in total. The molecule has 5 nitrogen and oxygen atoms in total. The van der Waals surface area contributed by atoms with Crippen molar-refractivity contribution in [2.75, 3.05) is 5.32 Å². The Labute approximate surface area is 219 Å². The SMILES string of the molecule is C[C@H](c1ccccc1)N(Cc1ccccc1)[C@@H]1CCC[C@]1(F)C(=O)Nc1cccc(S(=O)(=O)C(F)(F)F)c1.